The number of hydrogen-bond donors (Lipinski definition) is 1. The van der Waals surface area contributed by atoms with E-state index in [9.17, 15) is 0 Å². The molecule has 0 aliphatic carbocycles. The molecular formula is C13H25N3O2. The first-order valence-corrected chi connectivity index (χ1v) is 6.62. The maximum absolute atomic E-state index is 5.57. The molecule has 0 amide bonds. The molecule has 104 valence electrons. The number of anilines is 1. The molecule has 0 fully saturated rings. The van der Waals surface area contributed by atoms with Crippen LogP contribution in [0.15, 0.2) is 6.20 Å². The molecule has 0 atom stereocenters. The molecule has 0 saturated heterocycles. The van der Waals surface area contributed by atoms with E-state index in [1.165, 1.54) is 6.42 Å². The summed E-state index contributed by atoms with van der Waals surface area (Å²) < 4.78 is 12.7. The molecule has 1 rings (SSSR count). The monoisotopic (exact) mass is 255 g/mol. The van der Waals surface area contributed by atoms with E-state index in [0.717, 1.165) is 44.4 Å². The van der Waals surface area contributed by atoms with E-state index in [4.69, 9.17) is 9.47 Å². The lowest BCUT2D eigenvalue weighted by Gasteiger charge is -2.09. The summed E-state index contributed by atoms with van der Waals surface area (Å²) in [5.41, 5.74) is 1.02. The van der Waals surface area contributed by atoms with E-state index in [0.29, 0.717) is 6.61 Å². The molecule has 5 nitrogen and oxygen atoms in total. The zero-order valence-corrected chi connectivity index (χ0v) is 11.7. The Balaban J connectivity index is 2.33. The van der Waals surface area contributed by atoms with Gasteiger partial charge in [0.05, 0.1) is 18.9 Å². The largest absolute Gasteiger partial charge is 0.383 e. The third-order valence-electron chi connectivity index (χ3n) is 2.61. The fourth-order valence-corrected chi connectivity index (χ4v) is 1.63. The predicted octanol–water partition coefficient (Wildman–Crippen LogP) is 2.07. The van der Waals surface area contributed by atoms with Crippen LogP contribution in [0.5, 0.6) is 0 Å². The van der Waals surface area contributed by atoms with Gasteiger partial charge in [-0.05, 0) is 13.3 Å². The first-order valence-electron chi connectivity index (χ1n) is 6.62. The molecule has 0 aliphatic heterocycles. The molecular weight excluding hydrogens is 230 g/mol. The molecule has 0 saturated carbocycles. The molecule has 1 heterocycles. The van der Waals surface area contributed by atoms with Crippen molar-refractivity contribution in [2.24, 2.45) is 0 Å². The van der Waals surface area contributed by atoms with Crippen molar-refractivity contribution in [1.82, 2.24) is 9.55 Å². The average Bonchev–Trinajstić information content (AvgIpc) is 2.70. The minimum absolute atomic E-state index is 0.679. The summed E-state index contributed by atoms with van der Waals surface area (Å²) in [6, 6.07) is 0. The van der Waals surface area contributed by atoms with Crippen LogP contribution in [0.4, 0.5) is 5.95 Å². The number of imidazole rings is 1. The van der Waals surface area contributed by atoms with Crippen LogP contribution in [-0.2, 0) is 16.0 Å². The number of rotatable bonds is 10. The van der Waals surface area contributed by atoms with Crippen molar-refractivity contribution in [1.29, 1.82) is 0 Å². The molecule has 1 N–H and O–H groups in total. The standard InChI is InChI=1S/C13H25N3O2/c1-4-5-8-18-10-7-16-11-12(2)15-13(16)14-6-9-17-3/h11H,4-10H2,1-3H3,(H,14,15). The normalized spacial score (nSPS) is 10.8. The molecule has 0 aromatic carbocycles. The van der Waals surface area contributed by atoms with Crippen LogP contribution < -0.4 is 5.32 Å². The van der Waals surface area contributed by atoms with E-state index in [1.807, 2.05) is 13.1 Å². The summed E-state index contributed by atoms with van der Waals surface area (Å²) in [5, 5.41) is 3.26. The second-order valence-electron chi connectivity index (χ2n) is 4.28. The zero-order valence-electron chi connectivity index (χ0n) is 11.7. The molecule has 0 spiro atoms. The van der Waals surface area contributed by atoms with Crippen LogP contribution in [0.2, 0.25) is 0 Å². The van der Waals surface area contributed by atoms with Crippen LogP contribution in [-0.4, -0.2) is 43.0 Å². The fourth-order valence-electron chi connectivity index (χ4n) is 1.63. The highest BCUT2D eigenvalue weighted by Gasteiger charge is 2.04. The van der Waals surface area contributed by atoms with Crippen molar-refractivity contribution in [3.8, 4) is 0 Å². The number of nitrogens with zero attached hydrogens (tertiary/aromatic N) is 2. The van der Waals surface area contributed by atoms with Gasteiger partial charge in [-0.25, -0.2) is 4.98 Å². The van der Waals surface area contributed by atoms with Gasteiger partial charge in [-0.3, -0.25) is 0 Å². The highest BCUT2D eigenvalue weighted by Crippen LogP contribution is 2.08. The maximum Gasteiger partial charge on any atom is 0.203 e. The van der Waals surface area contributed by atoms with Crippen molar-refractivity contribution >= 4 is 5.95 Å². The van der Waals surface area contributed by atoms with Crippen molar-refractivity contribution in [3.63, 3.8) is 0 Å². The number of methoxy groups -OCH3 is 1. The Morgan fingerprint density at radius 3 is 2.89 bits per heavy atom. The average molecular weight is 255 g/mol. The number of aryl methyl sites for hydroxylation is 1. The Morgan fingerprint density at radius 2 is 2.17 bits per heavy atom. The van der Waals surface area contributed by atoms with Crippen LogP contribution in [0.1, 0.15) is 25.5 Å². The van der Waals surface area contributed by atoms with Crippen LogP contribution in [0.25, 0.3) is 0 Å². The van der Waals surface area contributed by atoms with E-state index < -0.39 is 0 Å². The fraction of sp³-hybridized carbons (Fsp3) is 0.769. The van der Waals surface area contributed by atoms with E-state index in [-0.39, 0.29) is 0 Å². The van der Waals surface area contributed by atoms with Gasteiger partial charge in [-0.2, -0.15) is 0 Å². The maximum atomic E-state index is 5.57. The topological polar surface area (TPSA) is 48.3 Å². The number of unbranched alkanes of at least 4 members (excludes halogenated alkanes) is 1. The SMILES string of the molecule is CCCCOCCn1cc(C)nc1NCCOC. The van der Waals surface area contributed by atoms with Crippen molar-refractivity contribution in [3.05, 3.63) is 11.9 Å². The van der Waals surface area contributed by atoms with Gasteiger partial charge < -0.3 is 19.4 Å². The molecule has 1 aromatic rings. The van der Waals surface area contributed by atoms with Crippen molar-refractivity contribution in [2.45, 2.75) is 33.2 Å². The Bertz CT molecular complexity index is 326. The summed E-state index contributed by atoms with van der Waals surface area (Å²) in [7, 11) is 1.70. The van der Waals surface area contributed by atoms with Crippen LogP contribution in [0, 0.1) is 6.92 Å². The quantitative estimate of drug-likeness (QED) is 0.650. The van der Waals surface area contributed by atoms with Crippen molar-refractivity contribution < 1.29 is 9.47 Å². The van der Waals surface area contributed by atoms with Gasteiger partial charge in [0.2, 0.25) is 5.95 Å². The van der Waals surface area contributed by atoms with Gasteiger partial charge in [0, 0.05) is 33.0 Å². The van der Waals surface area contributed by atoms with E-state index in [1.54, 1.807) is 7.11 Å². The number of nitrogens with one attached hydrogen (secondary N) is 1. The zero-order chi connectivity index (χ0) is 13.2. The Labute approximate surface area is 109 Å². The summed E-state index contributed by atoms with van der Waals surface area (Å²) >= 11 is 0. The third kappa shape index (κ3) is 5.51. The lowest BCUT2D eigenvalue weighted by atomic mass is 10.4. The minimum Gasteiger partial charge on any atom is -0.383 e. The van der Waals surface area contributed by atoms with E-state index in [2.05, 4.69) is 21.8 Å². The van der Waals surface area contributed by atoms with Crippen LogP contribution in [0.3, 0.4) is 0 Å². The molecule has 1 aromatic heterocycles. The second-order valence-corrected chi connectivity index (χ2v) is 4.28. The molecule has 0 unspecified atom stereocenters. The van der Waals surface area contributed by atoms with Gasteiger partial charge in [0.1, 0.15) is 0 Å². The number of ether oxygens (including phenoxy) is 2. The first-order chi connectivity index (χ1) is 8.77. The highest BCUT2D eigenvalue weighted by molar-refractivity contribution is 5.28. The predicted molar refractivity (Wildman–Crippen MR) is 73.1 cm³/mol. The molecule has 5 heteroatoms. The summed E-state index contributed by atoms with van der Waals surface area (Å²) in [5.74, 6) is 0.892. The van der Waals surface area contributed by atoms with Gasteiger partial charge in [-0.15, -0.1) is 0 Å². The second kappa shape index (κ2) is 8.94. The van der Waals surface area contributed by atoms with Gasteiger partial charge in [-0.1, -0.05) is 13.3 Å². The Morgan fingerprint density at radius 1 is 1.33 bits per heavy atom. The molecule has 0 bridgehead atoms. The summed E-state index contributed by atoms with van der Waals surface area (Å²) in [6.45, 7) is 8.02. The lowest BCUT2D eigenvalue weighted by Crippen LogP contribution is -2.14. The van der Waals surface area contributed by atoms with Gasteiger partial charge in [0.15, 0.2) is 0 Å². The first kappa shape index (κ1) is 15.0. The van der Waals surface area contributed by atoms with Crippen molar-refractivity contribution in [2.75, 3.05) is 38.8 Å². The summed E-state index contributed by atoms with van der Waals surface area (Å²) in [4.78, 5) is 4.44. The lowest BCUT2D eigenvalue weighted by molar-refractivity contribution is 0.124. The summed E-state index contributed by atoms with van der Waals surface area (Å²) in [6.07, 6.45) is 4.34. The smallest absolute Gasteiger partial charge is 0.203 e. The molecule has 18 heavy (non-hydrogen) atoms. The van der Waals surface area contributed by atoms with Gasteiger partial charge >= 0.3 is 0 Å². The third-order valence-corrected chi connectivity index (χ3v) is 2.61. The Hall–Kier alpha value is -1.07. The minimum atomic E-state index is 0.679. The highest BCUT2D eigenvalue weighted by atomic mass is 16.5. The Kier molecular flexibility index (Phi) is 7.44. The molecule has 0 aliphatic rings. The van der Waals surface area contributed by atoms with Crippen LogP contribution >= 0.6 is 0 Å². The van der Waals surface area contributed by atoms with E-state index >= 15 is 0 Å². The van der Waals surface area contributed by atoms with Gasteiger partial charge in [0.25, 0.3) is 0 Å². The number of hydrogen-bond acceptors (Lipinski definition) is 4. The molecule has 0 radical (unpaired) electrons. The number of aromatic nitrogens is 2.